The minimum absolute atomic E-state index is 0. The molecule has 1 aliphatic carbocycles. The fourth-order valence-electron chi connectivity index (χ4n) is 6.58. The van der Waals surface area contributed by atoms with E-state index in [0.717, 1.165) is 50.1 Å². The van der Waals surface area contributed by atoms with Gasteiger partial charge in [0.2, 0.25) is 10.0 Å². The van der Waals surface area contributed by atoms with Gasteiger partial charge in [0.1, 0.15) is 0 Å². The summed E-state index contributed by atoms with van der Waals surface area (Å²) in [6.45, 7) is 0.123. The van der Waals surface area contributed by atoms with Crippen LogP contribution in [0.5, 0.6) is 0 Å². The number of fused-ring (bicyclic) bond motifs is 20. The van der Waals surface area contributed by atoms with E-state index < -0.39 is 38.4 Å². The van der Waals surface area contributed by atoms with Crippen molar-refractivity contribution in [1.29, 1.82) is 0 Å². The molecule has 0 saturated carbocycles. The Balaban J connectivity index is 0.000000357. The van der Waals surface area contributed by atoms with Gasteiger partial charge in [-0.15, -0.1) is 0 Å². The molecule has 1 radical (unpaired) electrons. The number of rotatable bonds is 5. The molecule has 3 aliphatic rings. The summed E-state index contributed by atoms with van der Waals surface area (Å²) in [5.74, 6) is 1.72. The first-order valence-corrected chi connectivity index (χ1v) is 26.3. The van der Waals surface area contributed by atoms with Crippen molar-refractivity contribution in [3.8, 4) is 45.6 Å². The number of benzene rings is 4. The summed E-state index contributed by atoms with van der Waals surface area (Å²) < 4.78 is 106. The van der Waals surface area contributed by atoms with Crippen molar-refractivity contribution in [2.75, 3.05) is 19.1 Å². The minimum atomic E-state index is -5.67. The fraction of sp³-hybridized carbons (Fsp3) is 0.0952. The zero-order valence-electron chi connectivity index (χ0n) is 38.2. The van der Waals surface area contributed by atoms with Crippen molar-refractivity contribution in [3.63, 3.8) is 0 Å². The molecule has 5 heterocycles. The number of aromatic nitrogens is 8. The number of sulfonamides is 1. The van der Waals surface area contributed by atoms with Crippen LogP contribution >= 0.6 is 0 Å². The number of ketones is 2. The van der Waals surface area contributed by atoms with Gasteiger partial charge in [-0.3, -0.25) is 9.59 Å². The smallest absolute Gasteiger partial charge is 0.748 e. The Bertz CT molecular complexity index is 3580. The molecule has 3 aromatic heterocycles. The maximum absolute atomic E-state index is 11.2. The van der Waals surface area contributed by atoms with Crippen molar-refractivity contribution in [3.05, 3.63) is 121 Å². The van der Waals surface area contributed by atoms with Crippen LogP contribution in [0.1, 0.15) is 6.42 Å². The monoisotopic (exact) mass is 1130 g/mol. The van der Waals surface area contributed by atoms with Crippen molar-refractivity contribution >= 4 is 94.1 Å². The van der Waals surface area contributed by atoms with E-state index in [0.29, 0.717) is 57.7 Å². The van der Waals surface area contributed by atoms with Crippen LogP contribution in [0.15, 0.2) is 121 Å². The summed E-state index contributed by atoms with van der Waals surface area (Å²) >= 11 is 0. The summed E-state index contributed by atoms with van der Waals surface area (Å²) in [7, 11) is -18.5. The molecule has 22 nitrogen and oxygen atoms in total. The van der Waals surface area contributed by atoms with E-state index in [9.17, 15) is 43.9 Å². The molecule has 0 unspecified atom stereocenters. The number of hydrogen-bond acceptors (Lipinski definition) is 19. The predicted octanol–water partition coefficient (Wildman–Crippen LogP) is -6.15. The first kappa shape index (κ1) is 62.5. The first-order chi connectivity index (χ1) is 31.9. The number of allylic oxidation sites excluding steroid dienone is 3. The third kappa shape index (κ3) is 15.9. The van der Waals surface area contributed by atoms with Crippen LogP contribution in [0.25, 0.3) is 89.7 Å². The summed E-state index contributed by atoms with van der Waals surface area (Å²) in [5.41, 5.74) is 6.11. The average Bonchev–Trinajstić information content (AvgIpc) is 4.00. The van der Waals surface area contributed by atoms with Crippen molar-refractivity contribution in [1.82, 2.24) is 44.6 Å². The van der Waals surface area contributed by atoms with E-state index >= 15 is 0 Å². The Kier molecular flexibility index (Phi) is 22.3. The molecular formula is C42H30CuN9Na3O13S4-2. The van der Waals surface area contributed by atoms with Gasteiger partial charge in [-0.2, -0.15) is 0 Å². The molecule has 30 heteroatoms. The van der Waals surface area contributed by atoms with Gasteiger partial charge in [-0.25, -0.2) is 48.4 Å². The standard InChI is InChI=1S/C32H16N8.C9H11NO4S.CH4O3S.Cu.3Na.H2O6S2/c1-2-10-18-17(9-1)25-33-26(18)38-28-21-13-5-6-14-22(21)30(35-28)40-32-24-16-8-7-15-23(24)31(36-32)39-29-20-12-4-3-11-19(20)27(34-29)37-25;1-15(13,14)10-5-4-7-6-8(11)2-3-9(7)12;1-5(2,3)4;;;;;1-7(2,3)8(4,5)6/h1-16H;2-3,6,10H,4-5H2,1H3;1H3,(H,2,3,4);;;;;(H,1,2,3)(H,4,5,6)/q-2;;;;3*+1;/p-3. The second-order valence-corrected chi connectivity index (χ2v) is 21.7. The van der Waals surface area contributed by atoms with E-state index in [4.69, 9.17) is 52.8 Å². The maximum atomic E-state index is 11.2. The maximum Gasteiger partial charge on any atom is 1.00 e. The summed E-state index contributed by atoms with van der Waals surface area (Å²) in [6, 6.07) is 31.8. The number of hydrogen-bond donors (Lipinski definition) is 1. The van der Waals surface area contributed by atoms with Gasteiger partial charge in [0.15, 0.2) is 29.9 Å². The van der Waals surface area contributed by atoms with Gasteiger partial charge in [-0.05, 0) is 46.2 Å². The van der Waals surface area contributed by atoms with Crippen molar-refractivity contribution in [2.45, 2.75) is 6.42 Å². The third-order valence-electron chi connectivity index (χ3n) is 9.37. The van der Waals surface area contributed by atoms with Crippen LogP contribution in [0.3, 0.4) is 0 Å². The molecule has 0 spiro atoms. The van der Waals surface area contributed by atoms with Gasteiger partial charge in [-0.1, -0.05) is 97.1 Å². The van der Waals surface area contributed by atoms with Crippen LogP contribution in [0.2, 0.25) is 0 Å². The number of carbonyl (C=O) groups excluding carboxylic acids is 2. The van der Waals surface area contributed by atoms with E-state index in [-0.39, 0.29) is 130 Å². The van der Waals surface area contributed by atoms with E-state index in [2.05, 4.69) is 4.72 Å². The largest absolute Gasteiger partial charge is 1.00 e. The molecule has 2 aliphatic heterocycles. The molecule has 10 rings (SSSR count). The Labute approximate surface area is 487 Å². The van der Waals surface area contributed by atoms with Crippen LogP contribution < -0.4 is 103 Å². The second-order valence-electron chi connectivity index (χ2n) is 14.4. The van der Waals surface area contributed by atoms with Crippen LogP contribution in [0, 0.1) is 0 Å². The third-order valence-corrected chi connectivity index (χ3v) is 12.1. The van der Waals surface area contributed by atoms with E-state index in [1.165, 1.54) is 18.2 Å². The van der Waals surface area contributed by atoms with Crippen molar-refractivity contribution < 1.29 is 163 Å². The number of nitrogens with zero attached hydrogens (tertiary/aromatic N) is 8. The molecule has 0 saturated heterocycles. The fourth-order valence-corrected chi connectivity index (χ4v) is 7.05. The molecule has 7 aromatic rings. The number of carbonyl (C=O) groups is 2. The van der Waals surface area contributed by atoms with Crippen LogP contribution in [-0.2, 0) is 65.1 Å². The van der Waals surface area contributed by atoms with Gasteiger partial charge in [0, 0.05) is 80.3 Å². The van der Waals surface area contributed by atoms with Crippen LogP contribution in [0.4, 0.5) is 0 Å². The Morgan fingerprint density at radius 1 is 0.486 bits per heavy atom. The Morgan fingerprint density at radius 2 is 0.778 bits per heavy atom. The first-order valence-electron chi connectivity index (χ1n) is 19.3. The van der Waals surface area contributed by atoms with Gasteiger partial charge in [0.05, 0.1) is 39.7 Å². The van der Waals surface area contributed by atoms with E-state index in [1.807, 2.05) is 97.1 Å². The summed E-state index contributed by atoms with van der Waals surface area (Å²) in [5, 5.41) is 3.57. The number of nitrogens with one attached hydrogen (secondary N) is 1. The molecule has 0 fully saturated rings. The molecule has 72 heavy (non-hydrogen) atoms. The molecule has 0 atom stereocenters. The normalized spacial score (nSPS) is 12.5. The topological polar surface area (TPSA) is 357 Å². The molecule has 8 bridgehead atoms. The van der Waals surface area contributed by atoms with Crippen molar-refractivity contribution in [2.24, 2.45) is 0 Å². The summed E-state index contributed by atoms with van der Waals surface area (Å²) in [6.07, 6.45) is 5.48. The average molecular weight is 1130 g/mol. The van der Waals surface area contributed by atoms with Gasteiger partial charge in [0.25, 0.3) is 0 Å². The van der Waals surface area contributed by atoms with Gasteiger partial charge < -0.3 is 43.6 Å². The van der Waals surface area contributed by atoms with E-state index in [1.54, 1.807) is 0 Å². The Morgan fingerprint density at radius 3 is 1.06 bits per heavy atom. The molecule has 4 aromatic carbocycles. The van der Waals surface area contributed by atoms with Crippen LogP contribution in [-0.4, -0.2) is 108 Å². The zero-order chi connectivity index (χ0) is 49.2. The predicted molar refractivity (Wildman–Crippen MR) is 244 cm³/mol. The van der Waals surface area contributed by atoms with Gasteiger partial charge >= 0.3 is 88.7 Å². The SMILES string of the molecule is CS(=O)(=O)NCCC1=CC(=O)C=CC1=O.CS(=O)(=O)[O-].O=S(=O)([O-])S(=O)(=O)[O-].[Cu].[Na+].[Na+].[Na+].c1ccc2c(c1)-c1nc-2nc2[n-]c(nc3nc(nc4[n-]c(n1)c1ccccc41)-c1ccccc1-3)c1ccccc21. The Hall–Kier alpha value is -3.78. The molecular weight excluding hydrogens is 1100 g/mol. The molecule has 361 valence electrons. The second kappa shape index (κ2) is 25.6. The zero-order valence-corrected chi connectivity index (χ0v) is 48.4. The summed E-state index contributed by atoms with van der Waals surface area (Å²) in [4.78, 5) is 61.4. The molecule has 0 amide bonds. The molecule has 1 N–H and O–H groups in total. The minimum Gasteiger partial charge on any atom is -0.748 e. The quantitative estimate of drug-likeness (QED) is 0.0725.